The Morgan fingerprint density at radius 2 is 2.00 bits per heavy atom. The second-order valence-electron chi connectivity index (χ2n) is 4.66. The van der Waals surface area contributed by atoms with Gasteiger partial charge in [0.05, 0.1) is 17.0 Å². The van der Waals surface area contributed by atoms with E-state index in [1.165, 1.54) is 0 Å². The maximum Gasteiger partial charge on any atom is 0.326 e. The van der Waals surface area contributed by atoms with Crippen LogP contribution in [0.25, 0.3) is 0 Å². The molecule has 0 saturated carbocycles. The van der Waals surface area contributed by atoms with Gasteiger partial charge in [-0.25, -0.2) is 4.79 Å². The molecule has 2 N–H and O–H groups in total. The van der Waals surface area contributed by atoms with E-state index in [-0.39, 0.29) is 5.92 Å². The molecule has 1 aromatic heterocycles. The summed E-state index contributed by atoms with van der Waals surface area (Å²) in [5.41, 5.74) is 1.46. The summed E-state index contributed by atoms with van der Waals surface area (Å²) in [4.78, 5) is 23.3. The Bertz CT molecular complexity index is 488. The number of carbonyl (C=O) groups excluding carboxylic acids is 1. The van der Waals surface area contributed by atoms with Crippen LogP contribution < -0.4 is 5.32 Å². The second kappa shape index (κ2) is 6.26. The quantitative estimate of drug-likeness (QED) is 0.837. The molecular formula is C13H19N3O3. The first-order valence-corrected chi connectivity index (χ1v) is 6.21. The Morgan fingerprint density at radius 3 is 2.53 bits per heavy atom. The van der Waals surface area contributed by atoms with Gasteiger partial charge in [-0.05, 0) is 25.8 Å². The van der Waals surface area contributed by atoms with Gasteiger partial charge in [-0.15, -0.1) is 0 Å². The summed E-state index contributed by atoms with van der Waals surface area (Å²) >= 11 is 0. The van der Waals surface area contributed by atoms with E-state index in [2.05, 4.69) is 15.5 Å². The third-order valence-electron chi connectivity index (χ3n) is 3.11. The number of hydrogen-bond donors (Lipinski definition) is 2. The van der Waals surface area contributed by atoms with Crippen LogP contribution in [-0.2, 0) is 4.79 Å². The highest BCUT2D eigenvalue weighted by atomic mass is 16.4. The van der Waals surface area contributed by atoms with Crippen molar-refractivity contribution in [1.82, 2.24) is 15.5 Å². The van der Waals surface area contributed by atoms with E-state index < -0.39 is 17.9 Å². The molecule has 2 atom stereocenters. The average Bonchev–Trinajstić information content (AvgIpc) is 2.37. The normalized spacial score (nSPS) is 13.7. The van der Waals surface area contributed by atoms with E-state index in [9.17, 15) is 9.59 Å². The fourth-order valence-corrected chi connectivity index (χ4v) is 1.68. The van der Waals surface area contributed by atoms with Gasteiger partial charge >= 0.3 is 5.97 Å². The van der Waals surface area contributed by atoms with Crippen LogP contribution in [0.15, 0.2) is 6.07 Å². The van der Waals surface area contributed by atoms with Gasteiger partial charge < -0.3 is 10.4 Å². The number of aliphatic carboxylic acids is 1. The first-order chi connectivity index (χ1) is 8.86. The minimum Gasteiger partial charge on any atom is -0.480 e. The Labute approximate surface area is 112 Å². The number of carboxylic acid groups (broad SMARTS) is 1. The summed E-state index contributed by atoms with van der Waals surface area (Å²) in [5, 5.41) is 19.4. The van der Waals surface area contributed by atoms with Gasteiger partial charge in [-0.2, -0.15) is 10.2 Å². The molecule has 0 aromatic carbocycles. The molecule has 1 rings (SSSR count). The lowest BCUT2D eigenvalue weighted by molar-refractivity contribution is -0.140. The predicted molar refractivity (Wildman–Crippen MR) is 69.9 cm³/mol. The zero-order valence-electron chi connectivity index (χ0n) is 11.6. The minimum absolute atomic E-state index is 0.141. The van der Waals surface area contributed by atoms with Gasteiger partial charge in [0.15, 0.2) is 0 Å². The van der Waals surface area contributed by atoms with Gasteiger partial charge in [-0.3, -0.25) is 4.79 Å². The van der Waals surface area contributed by atoms with E-state index in [0.717, 1.165) is 0 Å². The second-order valence-corrected chi connectivity index (χ2v) is 4.66. The Kier molecular flexibility index (Phi) is 4.97. The lowest BCUT2D eigenvalue weighted by Crippen LogP contribution is -2.45. The molecule has 19 heavy (non-hydrogen) atoms. The molecule has 104 valence electrons. The fourth-order valence-electron chi connectivity index (χ4n) is 1.68. The highest BCUT2D eigenvalue weighted by Crippen LogP contribution is 2.11. The SMILES string of the molecule is CC[C@H](C)[C@H](NC(=O)c1cc(C)nnc1C)C(=O)O. The standard InChI is InChI=1S/C13H19N3O3/c1-5-7(2)11(13(18)19)14-12(17)10-6-8(3)15-16-9(10)4/h6-7,11H,5H2,1-4H3,(H,14,17)(H,18,19)/t7-,11-/m0/s1. The minimum atomic E-state index is -1.03. The number of rotatable bonds is 5. The first kappa shape index (κ1) is 15.1. The van der Waals surface area contributed by atoms with Crippen molar-refractivity contribution < 1.29 is 14.7 Å². The van der Waals surface area contributed by atoms with Crippen LogP contribution in [0, 0.1) is 19.8 Å². The topological polar surface area (TPSA) is 92.2 Å². The Morgan fingerprint density at radius 1 is 1.37 bits per heavy atom. The van der Waals surface area contributed by atoms with Crippen LogP contribution in [0.4, 0.5) is 0 Å². The number of carboxylic acids is 1. The summed E-state index contributed by atoms with van der Waals surface area (Å²) in [6.45, 7) is 7.07. The number of amides is 1. The summed E-state index contributed by atoms with van der Waals surface area (Å²) in [6.07, 6.45) is 0.670. The zero-order valence-corrected chi connectivity index (χ0v) is 11.6. The van der Waals surface area contributed by atoms with Crippen LogP contribution >= 0.6 is 0 Å². The summed E-state index contributed by atoms with van der Waals surface area (Å²) in [5.74, 6) is -1.60. The molecule has 0 unspecified atom stereocenters. The Hall–Kier alpha value is -1.98. The summed E-state index contributed by atoms with van der Waals surface area (Å²) in [6, 6.07) is 0.707. The fraction of sp³-hybridized carbons (Fsp3) is 0.538. The molecule has 0 radical (unpaired) electrons. The largest absolute Gasteiger partial charge is 0.480 e. The van der Waals surface area contributed by atoms with Gasteiger partial charge in [0.25, 0.3) is 5.91 Å². The lowest BCUT2D eigenvalue weighted by Gasteiger charge is -2.20. The Balaban J connectivity index is 2.94. The molecule has 1 aromatic rings. The number of aromatic nitrogens is 2. The third-order valence-corrected chi connectivity index (χ3v) is 3.11. The molecule has 0 saturated heterocycles. The molecule has 1 heterocycles. The van der Waals surface area contributed by atoms with Crippen molar-refractivity contribution in [3.63, 3.8) is 0 Å². The van der Waals surface area contributed by atoms with Crippen molar-refractivity contribution >= 4 is 11.9 Å². The highest BCUT2D eigenvalue weighted by molar-refractivity contribution is 5.97. The van der Waals surface area contributed by atoms with Gasteiger partial charge in [0, 0.05) is 0 Å². The molecule has 0 spiro atoms. The number of aryl methyl sites for hydroxylation is 2. The molecule has 0 fully saturated rings. The molecule has 0 aliphatic heterocycles. The van der Waals surface area contributed by atoms with E-state index in [4.69, 9.17) is 5.11 Å². The van der Waals surface area contributed by atoms with Crippen molar-refractivity contribution in [1.29, 1.82) is 0 Å². The number of nitrogens with one attached hydrogen (secondary N) is 1. The summed E-state index contributed by atoms with van der Waals surface area (Å²) in [7, 11) is 0. The number of carbonyl (C=O) groups is 2. The lowest BCUT2D eigenvalue weighted by atomic mass is 9.99. The molecule has 6 nitrogen and oxygen atoms in total. The van der Waals surface area contributed by atoms with Crippen LogP contribution in [0.5, 0.6) is 0 Å². The molecule has 6 heteroatoms. The molecule has 0 aliphatic carbocycles. The van der Waals surface area contributed by atoms with E-state index in [1.54, 1.807) is 26.8 Å². The maximum atomic E-state index is 12.1. The maximum absolute atomic E-state index is 12.1. The zero-order chi connectivity index (χ0) is 14.6. The van der Waals surface area contributed by atoms with Crippen molar-refractivity contribution in [2.75, 3.05) is 0 Å². The number of nitrogens with zero attached hydrogens (tertiary/aromatic N) is 2. The van der Waals surface area contributed by atoms with E-state index in [1.807, 2.05) is 6.92 Å². The van der Waals surface area contributed by atoms with Crippen molar-refractivity contribution in [2.45, 2.75) is 40.2 Å². The summed E-state index contributed by atoms with van der Waals surface area (Å²) < 4.78 is 0. The molecule has 0 aliphatic rings. The van der Waals surface area contributed by atoms with Crippen LogP contribution in [0.1, 0.15) is 42.0 Å². The van der Waals surface area contributed by atoms with Gasteiger partial charge in [0.2, 0.25) is 0 Å². The van der Waals surface area contributed by atoms with Crippen LogP contribution in [-0.4, -0.2) is 33.2 Å². The average molecular weight is 265 g/mol. The van der Waals surface area contributed by atoms with Gasteiger partial charge in [0.1, 0.15) is 6.04 Å². The van der Waals surface area contributed by atoms with Crippen LogP contribution in [0.2, 0.25) is 0 Å². The monoisotopic (exact) mass is 265 g/mol. The number of hydrogen-bond acceptors (Lipinski definition) is 4. The van der Waals surface area contributed by atoms with Crippen molar-refractivity contribution in [3.8, 4) is 0 Å². The van der Waals surface area contributed by atoms with Crippen molar-refractivity contribution in [3.05, 3.63) is 23.0 Å². The third kappa shape index (κ3) is 3.74. The first-order valence-electron chi connectivity index (χ1n) is 6.21. The predicted octanol–water partition coefficient (Wildman–Crippen LogP) is 1.32. The molecule has 0 bridgehead atoms. The van der Waals surface area contributed by atoms with E-state index >= 15 is 0 Å². The van der Waals surface area contributed by atoms with Crippen molar-refractivity contribution in [2.24, 2.45) is 5.92 Å². The smallest absolute Gasteiger partial charge is 0.326 e. The molecule has 1 amide bonds. The highest BCUT2D eigenvalue weighted by Gasteiger charge is 2.26. The van der Waals surface area contributed by atoms with E-state index in [0.29, 0.717) is 23.4 Å². The van der Waals surface area contributed by atoms with Gasteiger partial charge in [-0.1, -0.05) is 20.3 Å². The van der Waals surface area contributed by atoms with Crippen LogP contribution in [0.3, 0.4) is 0 Å². The molecular weight excluding hydrogens is 246 g/mol.